The maximum Gasteiger partial charge on any atom is 0.126 e. The minimum absolute atomic E-state index is 0.462. The summed E-state index contributed by atoms with van der Waals surface area (Å²) in [5.41, 5.74) is 8.76. The molecule has 0 spiro atoms. The van der Waals surface area contributed by atoms with E-state index in [-0.39, 0.29) is 0 Å². The Balaban J connectivity index is 2.87. The fraction of sp³-hybridized carbons (Fsp3) is 0.273. The van der Waals surface area contributed by atoms with Gasteiger partial charge in [0, 0.05) is 11.9 Å². The van der Waals surface area contributed by atoms with Crippen LogP contribution in [0.15, 0.2) is 18.2 Å². The third kappa shape index (κ3) is 1.36. The number of nitrogens with two attached hydrogens (primary N) is 1. The topological polar surface area (TPSA) is 51.8 Å². The molecule has 2 rings (SSSR count). The minimum Gasteiger partial charge on any atom is -0.325 e. The zero-order valence-corrected chi connectivity index (χ0v) is 8.41. The van der Waals surface area contributed by atoms with Gasteiger partial charge in [0.05, 0.1) is 11.2 Å². The molecule has 2 aromatic rings. The highest BCUT2D eigenvalue weighted by atomic mass is 14.9. The van der Waals surface area contributed by atoms with Crippen molar-refractivity contribution < 1.29 is 0 Å². The van der Waals surface area contributed by atoms with Crippen molar-refractivity contribution in [2.45, 2.75) is 20.4 Å². The Morgan fingerprint density at radius 1 is 1.21 bits per heavy atom. The van der Waals surface area contributed by atoms with Gasteiger partial charge in [0.25, 0.3) is 0 Å². The van der Waals surface area contributed by atoms with Crippen LogP contribution in [0, 0.1) is 13.8 Å². The number of rotatable bonds is 1. The van der Waals surface area contributed by atoms with Crippen LogP contribution in [0.1, 0.15) is 17.1 Å². The number of para-hydroxylation sites is 1. The fourth-order valence-electron chi connectivity index (χ4n) is 1.64. The minimum atomic E-state index is 0.462. The second-order valence-electron chi connectivity index (χ2n) is 3.39. The monoisotopic (exact) mass is 187 g/mol. The van der Waals surface area contributed by atoms with Crippen LogP contribution in [0.2, 0.25) is 0 Å². The highest BCUT2D eigenvalue weighted by molar-refractivity contribution is 5.83. The Bertz CT molecular complexity index is 477. The highest BCUT2D eigenvalue weighted by Crippen LogP contribution is 2.18. The third-order valence-electron chi connectivity index (χ3n) is 2.31. The van der Waals surface area contributed by atoms with Gasteiger partial charge in [-0.25, -0.2) is 9.97 Å². The molecule has 0 amide bonds. The molecule has 0 saturated heterocycles. The predicted molar refractivity (Wildman–Crippen MR) is 56.9 cm³/mol. The molecule has 72 valence electrons. The summed E-state index contributed by atoms with van der Waals surface area (Å²) in [5.74, 6) is 0.784. The molecule has 0 unspecified atom stereocenters. The van der Waals surface area contributed by atoms with Gasteiger partial charge < -0.3 is 5.73 Å². The van der Waals surface area contributed by atoms with Gasteiger partial charge in [-0.1, -0.05) is 18.2 Å². The van der Waals surface area contributed by atoms with E-state index in [9.17, 15) is 0 Å². The van der Waals surface area contributed by atoms with Crippen LogP contribution in [0.4, 0.5) is 0 Å². The Labute approximate surface area is 83.0 Å². The maximum absolute atomic E-state index is 5.64. The Morgan fingerprint density at radius 3 is 2.71 bits per heavy atom. The quantitative estimate of drug-likeness (QED) is 0.739. The maximum atomic E-state index is 5.64. The van der Waals surface area contributed by atoms with Gasteiger partial charge in [0.15, 0.2) is 0 Å². The summed E-state index contributed by atoms with van der Waals surface area (Å²) in [6, 6.07) is 6.08. The molecule has 1 aromatic carbocycles. The Kier molecular flexibility index (Phi) is 2.17. The number of nitrogens with zero attached hydrogens (tertiary/aromatic N) is 2. The zero-order valence-electron chi connectivity index (χ0n) is 8.41. The van der Waals surface area contributed by atoms with E-state index >= 15 is 0 Å². The van der Waals surface area contributed by atoms with E-state index in [1.807, 2.05) is 19.1 Å². The molecule has 0 fully saturated rings. The van der Waals surface area contributed by atoms with E-state index in [1.165, 1.54) is 5.56 Å². The van der Waals surface area contributed by atoms with Crippen molar-refractivity contribution in [2.75, 3.05) is 0 Å². The van der Waals surface area contributed by atoms with Crippen LogP contribution in [-0.2, 0) is 6.54 Å². The molecule has 1 aromatic heterocycles. The lowest BCUT2D eigenvalue weighted by Gasteiger charge is -2.06. The largest absolute Gasteiger partial charge is 0.325 e. The van der Waals surface area contributed by atoms with Crippen molar-refractivity contribution >= 4 is 10.9 Å². The molecule has 0 aliphatic carbocycles. The normalized spacial score (nSPS) is 10.8. The number of hydrogen-bond acceptors (Lipinski definition) is 3. The lowest BCUT2D eigenvalue weighted by atomic mass is 10.1. The summed E-state index contributed by atoms with van der Waals surface area (Å²) in [6.45, 7) is 4.41. The van der Waals surface area contributed by atoms with E-state index in [4.69, 9.17) is 5.73 Å². The molecular formula is C11H13N3. The highest BCUT2D eigenvalue weighted by Gasteiger charge is 2.05. The van der Waals surface area contributed by atoms with Gasteiger partial charge in [-0.2, -0.15) is 0 Å². The van der Waals surface area contributed by atoms with Gasteiger partial charge in [-0.05, 0) is 19.4 Å². The summed E-state index contributed by atoms with van der Waals surface area (Å²) in [6.07, 6.45) is 0. The second kappa shape index (κ2) is 3.35. The van der Waals surface area contributed by atoms with Crippen molar-refractivity contribution in [1.29, 1.82) is 0 Å². The van der Waals surface area contributed by atoms with Crippen molar-refractivity contribution in [3.05, 3.63) is 35.3 Å². The summed E-state index contributed by atoms with van der Waals surface area (Å²) < 4.78 is 0. The molecule has 0 saturated carbocycles. The number of fused-ring (bicyclic) bond motifs is 1. The molecule has 0 aliphatic heterocycles. The van der Waals surface area contributed by atoms with Crippen LogP contribution in [0.5, 0.6) is 0 Å². The summed E-state index contributed by atoms with van der Waals surface area (Å²) in [5, 5.41) is 1.07. The predicted octanol–water partition coefficient (Wildman–Crippen LogP) is 1.71. The number of aromatic nitrogens is 2. The number of benzene rings is 1. The van der Waals surface area contributed by atoms with Crippen LogP contribution < -0.4 is 5.73 Å². The molecule has 0 radical (unpaired) electrons. The van der Waals surface area contributed by atoms with E-state index in [2.05, 4.69) is 23.0 Å². The molecule has 0 bridgehead atoms. The first-order valence-electron chi connectivity index (χ1n) is 4.65. The van der Waals surface area contributed by atoms with Crippen molar-refractivity contribution in [1.82, 2.24) is 9.97 Å². The Hall–Kier alpha value is -1.48. The second-order valence-corrected chi connectivity index (χ2v) is 3.39. The summed E-state index contributed by atoms with van der Waals surface area (Å²) in [7, 11) is 0. The van der Waals surface area contributed by atoms with Gasteiger partial charge in [0.1, 0.15) is 5.82 Å². The fourth-order valence-corrected chi connectivity index (χ4v) is 1.64. The summed E-state index contributed by atoms with van der Waals surface area (Å²) >= 11 is 0. The molecule has 2 N–H and O–H groups in total. The number of hydrogen-bond donors (Lipinski definition) is 1. The first-order valence-corrected chi connectivity index (χ1v) is 4.65. The summed E-state index contributed by atoms with van der Waals surface area (Å²) in [4.78, 5) is 8.74. The van der Waals surface area contributed by atoms with Crippen molar-refractivity contribution in [3.8, 4) is 0 Å². The van der Waals surface area contributed by atoms with Crippen molar-refractivity contribution in [3.63, 3.8) is 0 Å². The molecular weight excluding hydrogens is 174 g/mol. The average Bonchev–Trinajstić information content (AvgIpc) is 2.18. The average molecular weight is 187 g/mol. The smallest absolute Gasteiger partial charge is 0.126 e. The van der Waals surface area contributed by atoms with Crippen LogP contribution in [0.25, 0.3) is 10.9 Å². The van der Waals surface area contributed by atoms with Crippen LogP contribution in [0.3, 0.4) is 0 Å². The Morgan fingerprint density at radius 2 is 2.00 bits per heavy atom. The third-order valence-corrected chi connectivity index (χ3v) is 2.31. The molecule has 3 heteroatoms. The van der Waals surface area contributed by atoms with Crippen molar-refractivity contribution in [2.24, 2.45) is 5.73 Å². The zero-order chi connectivity index (χ0) is 10.1. The molecule has 14 heavy (non-hydrogen) atoms. The first-order chi connectivity index (χ1) is 6.72. The molecule has 0 aliphatic rings. The van der Waals surface area contributed by atoms with Gasteiger partial charge in [-0.3, -0.25) is 0 Å². The lowest BCUT2D eigenvalue weighted by molar-refractivity contribution is 0.953. The van der Waals surface area contributed by atoms with Gasteiger partial charge in [0.2, 0.25) is 0 Å². The standard InChI is InChI=1S/C11H13N3/c1-7-4-3-5-9-10(6-12)13-8(2)14-11(7)9/h3-5H,6,12H2,1-2H3. The van der Waals surface area contributed by atoms with Crippen LogP contribution >= 0.6 is 0 Å². The van der Waals surface area contributed by atoms with Gasteiger partial charge >= 0.3 is 0 Å². The van der Waals surface area contributed by atoms with E-state index in [0.29, 0.717) is 6.54 Å². The van der Waals surface area contributed by atoms with Crippen LogP contribution in [-0.4, -0.2) is 9.97 Å². The molecule has 0 atom stereocenters. The van der Waals surface area contributed by atoms with E-state index in [0.717, 1.165) is 22.4 Å². The molecule has 3 nitrogen and oxygen atoms in total. The number of aryl methyl sites for hydroxylation is 2. The van der Waals surface area contributed by atoms with E-state index in [1.54, 1.807) is 0 Å². The van der Waals surface area contributed by atoms with Gasteiger partial charge in [-0.15, -0.1) is 0 Å². The lowest BCUT2D eigenvalue weighted by Crippen LogP contribution is -2.04. The molecule has 1 heterocycles. The SMILES string of the molecule is Cc1nc(CN)c2cccc(C)c2n1. The van der Waals surface area contributed by atoms with E-state index < -0.39 is 0 Å². The first kappa shape index (κ1) is 9.09.